The van der Waals surface area contributed by atoms with Crippen molar-refractivity contribution in [3.8, 4) is 0 Å². The van der Waals surface area contributed by atoms with Crippen LogP contribution in [0, 0.1) is 6.92 Å². The Bertz CT molecular complexity index is 680. The second-order valence-electron chi connectivity index (χ2n) is 4.32. The highest BCUT2D eigenvalue weighted by Crippen LogP contribution is 2.27. The van der Waals surface area contributed by atoms with Crippen molar-refractivity contribution in [1.82, 2.24) is 5.32 Å². The minimum Gasteiger partial charge on any atom is -0.451 e. The van der Waals surface area contributed by atoms with Gasteiger partial charge in [0.05, 0.1) is 6.54 Å². The van der Waals surface area contributed by atoms with E-state index in [2.05, 4.69) is 5.32 Å². The molecule has 2 amide bonds. The number of hydrogen-bond donors (Lipinski definition) is 3. The Morgan fingerprint density at radius 1 is 1.50 bits per heavy atom. The largest absolute Gasteiger partial charge is 0.451 e. The maximum Gasteiger partial charge on any atom is 0.287 e. The van der Waals surface area contributed by atoms with Gasteiger partial charge in [-0.05, 0) is 25.1 Å². The fourth-order valence-electron chi connectivity index (χ4n) is 1.78. The number of benzene rings is 1. The van der Waals surface area contributed by atoms with Crippen LogP contribution in [0.2, 0.25) is 5.02 Å². The Hall–Kier alpha value is -2.05. The van der Waals surface area contributed by atoms with Crippen LogP contribution in [0.4, 0.5) is 0 Å². The summed E-state index contributed by atoms with van der Waals surface area (Å²) >= 11 is 5.89. The summed E-state index contributed by atoms with van der Waals surface area (Å²) in [6.07, 6.45) is -1.43. The highest BCUT2D eigenvalue weighted by Gasteiger charge is 2.19. The Morgan fingerprint density at radius 3 is 2.85 bits per heavy atom. The number of carbonyl (C=O) groups is 2. The first kappa shape index (κ1) is 14.4. The van der Waals surface area contributed by atoms with E-state index in [1.165, 1.54) is 0 Å². The molecule has 1 aromatic heterocycles. The number of aryl methyl sites for hydroxylation is 1. The Kier molecular flexibility index (Phi) is 3.96. The van der Waals surface area contributed by atoms with E-state index in [-0.39, 0.29) is 12.3 Å². The summed E-state index contributed by atoms with van der Waals surface area (Å²) in [5.41, 5.74) is 6.06. The quantitative estimate of drug-likeness (QED) is 0.781. The molecule has 1 atom stereocenters. The molecule has 1 unspecified atom stereocenters. The zero-order valence-electron chi connectivity index (χ0n) is 10.6. The standard InChI is InChI=1S/C13H13ClN2O4/c1-6-8-4-7(14)2-3-10(8)20-11(6)13(19)16-5-9(17)12(15)18/h2-4,9,17H,5H2,1H3,(H2,15,18)(H,16,19). The zero-order chi connectivity index (χ0) is 14.9. The molecule has 2 rings (SSSR count). The number of nitrogens with one attached hydrogen (secondary N) is 1. The van der Waals surface area contributed by atoms with Crippen molar-refractivity contribution in [3.05, 3.63) is 34.5 Å². The number of aliphatic hydroxyl groups is 1. The number of carbonyl (C=O) groups excluding carboxylic acids is 2. The van der Waals surface area contributed by atoms with Gasteiger partial charge in [-0.25, -0.2) is 0 Å². The van der Waals surface area contributed by atoms with E-state index in [0.717, 1.165) is 5.39 Å². The maximum atomic E-state index is 11.9. The fraction of sp³-hybridized carbons (Fsp3) is 0.231. The maximum absolute atomic E-state index is 11.9. The Balaban J connectivity index is 2.22. The summed E-state index contributed by atoms with van der Waals surface area (Å²) in [5, 5.41) is 12.9. The van der Waals surface area contributed by atoms with Gasteiger partial charge in [0, 0.05) is 16.0 Å². The van der Waals surface area contributed by atoms with E-state index in [9.17, 15) is 14.7 Å². The molecular formula is C13H13ClN2O4. The number of nitrogens with two attached hydrogens (primary N) is 1. The molecule has 0 fully saturated rings. The van der Waals surface area contributed by atoms with Gasteiger partial charge in [-0.1, -0.05) is 11.6 Å². The number of aliphatic hydroxyl groups excluding tert-OH is 1. The molecule has 106 valence electrons. The highest BCUT2D eigenvalue weighted by molar-refractivity contribution is 6.31. The molecule has 0 aliphatic rings. The van der Waals surface area contributed by atoms with Crippen LogP contribution in [0.1, 0.15) is 16.1 Å². The molecule has 7 heteroatoms. The van der Waals surface area contributed by atoms with E-state index in [0.29, 0.717) is 16.2 Å². The van der Waals surface area contributed by atoms with Crippen LogP contribution >= 0.6 is 11.6 Å². The molecule has 2 aromatic rings. The second-order valence-corrected chi connectivity index (χ2v) is 4.76. The van der Waals surface area contributed by atoms with Gasteiger partial charge >= 0.3 is 0 Å². The molecule has 1 aromatic carbocycles. The third kappa shape index (κ3) is 2.76. The monoisotopic (exact) mass is 296 g/mol. The first-order valence-corrected chi connectivity index (χ1v) is 6.22. The van der Waals surface area contributed by atoms with Crippen LogP contribution in [0.15, 0.2) is 22.6 Å². The van der Waals surface area contributed by atoms with E-state index < -0.39 is 17.9 Å². The van der Waals surface area contributed by atoms with Gasteiger partial charge in [-0.15, -0.1) is 0 Å². The number of halogens is 1. The summed E-state index contributed by atoms with van der Waals surface area (Å²) in [6.45, 7) is 1.45. The molecule has 20 heavy (non-hydrogen) atoms. The van der Waals surface area contributed by atoms with Gasteiger partial charge in [0.1, 0.15) is 11.7 Å². The van der Waals surface area contributed by atoms with Crippen molar-refractivity contribution in [1.29, 1.82) is 0 Å². The summed E-state index contributed by atoms with van der Waals surface area (Å²) in [7, 11) is 0. The van der Waals surface area contributed by atoms with Gasteiger partial charge in [0.15, 0.2) is 5.76 Å². The van der Waals surface area contributed by atoms with Gasteiger partial charge in [0.2, 0.25) is 5.91 Å². The number of furan rings is 1. The molecule has 0 saturated heterocycles. The van der Waals surface area contributed by atoms with E-state index in [1.54, 1.807) is 25.1 Å². The summed E-state index contributed by atoms with van der Waals surface area (Å²) in [5.74, 6) is -1.33. The molecule has 4 N–H and O–H groups in total. The van der Waals surface area contributed by atoms with Crippen LogP contribution < -0.4 is 11.1 Å². The minimum atomic E-state index is -1.43. The molecule has 1 heterocycles. The van der Waals surface area contributed by atoms with Crippen molar-refractivity contribution < 1.29 is 19.1 Å². The van der Waals surface area contributed by atoms with Crippen molar-refractivity contribution in [2.45, 2.75) is 13.0 Å². The number of primary amides is 1. The lowest BCUT2D eigenvalue weighted by atomic mass is 10.1. The molecular weight excluding hydrogens is 284 g/mol. The average Bonchev–Trinajstić information content (AvgIpc) is 2.73. The van der Waals surface area contributed by atoms with Gasteiger partial charge in [0.25, 0.3) is 5.91 Å². The zero-order valence-corrected chi connectivity index (χ0v) is 11.4. The van der Waals surface area contributed by atoms with Gasteiger partial charge in [-0.2, -0.15) is 0 Å². The van der Waals surface area contributed by atoms with Gasteiger partial charge < -0.3 is 20.6 Å². The molecule has 0 radical (unpaired) electrons. The second kappa shape index (κ2) is 5.52. The Morgan fingerprint density at radius 2 is 2.20 bits per heavy atom. The SMILES string of the molecule is Cc1c(C(=O)NCC(O)C(N)=O)oc2ccc(Cl)cc12. The van der Waals surface area contributed by atoms with Crippen LogP contribution in [0.5, 0.6) is 0 Å². The molecule has 6 nitrogen and oxygen atoms in total. The van der Waals surface area contributed by atoms with E-state index in [4.69, 9.17) is 21.8 Å². The number of rotatable bonds is 4. The third-order valence-electron chi connectivity index (χ3n) is 2.89. The number of hydrogen-bond acceptors (Lipinski definition) is 4. The van der Waals surface area contributed by atoms with E-state index in [1.807, 2.05) is 0 Å². The third-order valence-corrected chi connectivity index (χ3v) is 3.12. The molecule has 0 saturated carbocycles. The summed E-state index contributed by atoms with van der Waals surface area (Å²) in [6, 6.07) is 5.02. The number of fused-ring (bicyclic) bond motifs is 1. The first-order chi connectivity index (χ1) is 9.40. The van der Waals surface area contributed by atoms with Crippen molar-refractivity contribution >= 4 is 34.4 Å². The topological polar surface area (TPSA) is 106 Å². The molecule has 0 bridgehead atoms. The predicted octanol–water partition coefficient (Wildman–Crippen LogP) is 0.971. The number of amides is 2. The van der Waals surface area contributed by atoms with Crippen molar-refractivity contribution in [2.24, 2.45) is 5.73 Å². The summed E-state index contributed by atoms with van der Waals surface area (Å²) in [4.78, 5) is 22.6. The predicted molar refractivity (Wildman–Crippen MR) is 73.5 cm³/mol. The van der Waals surface area contributed by atoms with Crippen LogP contribution in [-0.2, 0) is 4.79 Å². The lowest BCUT2D eigenvalue weighted by Gasteiger charge is -2.07. The minimum absolute atomic E-state index is 0.110. The highest BCUT2D eigenvalue weighted by atomic mass is 35.5. The van der Waals surface area contributed by atoms with E-state index >= 15 is 0 Å². The van der Waals surface area contributed by atoms with Crippen LogP contribution in [0.25, 0.3) is 11.0 Å². The molecule has 0 aliphatic heterocycles. The normalized spacial score (nSPS) is 12.3. The first-order valence-electron chi connectivity index (χ1n) is 5.84. The van der Waals surface area contributed by atoms with Gasteiger partial charge in [-0.3, -0.25) is 9.59 Å². The molecule has 0 spiro atoms. The summed E-state index contributed by atoms with van der Waals surface area (Å²) < 4.78 is 5.44. The van der Waals surface area contributed by atoms with Crippen LogP contribution in [-0.4, -0.2) is 29.6 Å². The fourth-order valence-corrected chi connectivity index (χ4v) is 1.95. The van der Waals surface area contributed by atoms with Crippen molar-refractivity contribution in [3.63, 3.8) is 0 Å². The Labute approximate surface area is 119 Å². The average molecular weight is 297 g/mol. The van der Waals surface area contributed by atoms with Crippen LogP contribution in [0.3, 0.4) is 0 Å². The smallest absolute Gasteiger partial charge is 0.287 e. The lowest BCUT2D eigenvalue weighted by molar-refractivity contribution is -0.125. The molecule has 0 aliphatic carbocycles. The lowest BCUT2D eigenvalue weighted by Crippen LogP contribution is -2.40. The van der Waals surface area contributed by atoms with Crippen molar-refractivity contribution in [2.75, 3.05) is 6.54 Å².